The Bertz CT molecular complexity index is 894. The SMILES string of the molecule is CC(CNC(=O)c1cccc(S(=O)(=O)NCC2CCCO2)c1)c1ccccc1. The van der Waals surface area contributed by atoms with Gasteiger partial charge in [-0.25, -0.2) is 13.1 Å². The number of hydrogen-bond donors (Lipinski definition) is 2. The maximum Gasteiger partial charge on any atom is 0.251 e. The Morgan fingerprint density at radius 3 is 2.68 bits per heavy atom. The smallest absolute Gasteiger partial charge is 0.251 e. The zero-order valence-corrected chi connectivity index (χ0v) is 16.7. The van der Waals surface area contributed by atoms with Crippen molar-refractivity contribution in [2.24, 2.45) is 0 Å². The van der Waals surface area contributed by atoms with Gasteiger partial charge in [0.1, 0.15) is 0 Å². The highest BCUT2D eigenvalue weighted by Gasteiger charge is 2.21. The van der Waals surface area contributed by atoms with Crippen LogP contribution in [0.5, 0.6) is 0 Å². The molecule has 1 fully saturated rings. The molecular weight excluding hydrogens is 376 g/mol. The summed E-state index contributed by atoms with van der Waals surface area (Å²) in [5.41, 5.74) is 1.46. The highest BCUT2D eigenvalue weighted by atomic mass is 32.2. The quantitative estimate of drug-likeness (QED) is 0.711. The average Bonchev–Trinajstić information content (AvgIpc) is 3.25. The molecule has 3 rings (SSSR count). The van der Waals surface area contributed by atoms with Gasteiger partial charge in [0.25, 0.3) is 5.91 Å². The van der Waals surface area contributed by atoms with E-state index in [0.29, 0.717) is 18.7 Å². The van der Waals surface area contributed by atoms with Crippen molar-refractivity contribution in [3.05, 3.63) is 65.7 Å². The lowest BCUT2D eigenvalue weighted by molar-refractivity contribution is 0.0951. The molecule has 1 aliphatic heterocycles. The van der Waals surface area contributed by atoms with Crippen molar-refractivity contribution in [1.82, 2.24) is 10.0 Å². The summed E-state index contributed by atoms with van der Waals surface area (Å²) in [7, 11) is -3.69. The van der Waals surface area contributed by atoms with Crippen LogP contribution in [0.4, 0.5) is 0 Å². The number of nitrogens with one attached hydrogen (secondary N) is 2. The minimum absolute atomic E-state index is 0.0780. The van der Waals surface area contributed by atoms with Crippen LogP contribution < -0.4 is 10.0 Å². The van der Waals surface area contributed by atoms with Crippen molar-refractivity contribution in [1.29, 1.82) is 0 Å². The van der Waals surface area contributed by atoms with E-state index in [1.807, 2.05) is 37.3 Å². The monoisotopic (exact) mass is 402 g/mol. The summed E-state index contributed by atoms with van der Waals surface area (Å²) in [5.74, 6) is -0.135. The van der Waals surface area contributed by atoms with Gasteiger partial charge in [-0.15, -0.1) is 0 Å². The lowest BCUT2D eigenvalue weighted by atomic mass is 10.0. The fraction of sp³-hybridized carbons (Fsp3) is 0.381. The third-order valence-electron chi connectivity index (χ3n) is 4.87. The van der Waals surface area contributed by atoms with E-state index in [1.54, 1.807) is 12.1 Å². The first kappa shape index (κ1) is 20.5. The summed E-state index contributed by atoms with van der Waals surface area (Å²) in [4.78, 5) is 12.6. The number of carbonyl (C=O) groups is 1. The summed E-state index contributed by atoms with van der Waals surface area (Å²) < 4.78 is 33.0. The lowest BCUT2D eigenvalue weighted by Gasteiger charge is -2.14. The van der Waals surface area contributed by atoms with E-state index < -0.39 is 10.0 Å². The maximum atomic E-state index is 12.5. The van der Waals surface area contributed by atoms with E-state index in [-0.39, 0.29) is 29.4 Å². The Labute approximate surface area is 166 Å². The Balaban J connectivity index is 1.60. The minimum atomic E-state index is -3.69. The second-order valence-electron chi connectivity index (χ2n) is 7.04. The fourth-order valence-corrected chi connectivity index (χ4v) is 4.25. The maximum absolute atomic E-state index is 12.5. The molecule has 2 aromatic carbocycles. The first-order chi connectivity index (χ1) is 13.5. The molecule has 1 heterocycles. The van der Waals surface area contributed by atoms with Crippen molar-refractivity contribution in [2.45, 2.75) is 36.7 Å². The molecule has 2 unspecified atom stereocenters. The van der Waals surface area contributed by atoms with Gasteiger partial charge in [-0.1, -0.05) is 43.3 Å². The molecule has 150 valence electrons. The van der Waals surface area contributed by atoms with E-state index in [0.717, 1.165) is 18.4 Å². The molecule has 0 radical (unpaired) electrons. The van der Waals surface area contributed by atoms with E-state index in [4.69, 9.17) is 4.74 Å². The van der Waals surface area contributed by atoms with Gasteiger partial charge in [-0.05, 0) is 42.5 Å². The van der Waals surface area contributed by atoms with Gasteiger partial charge in [0, 0.05) is 25.3 Å². The topological polar surface area (TPSA) is 84.5 Å². The highest BCUT2D eigenvalue weighted by molar-refractivity contribution is 7.89. The summed E-state index contributed by atoms with van der Waals surface area (Å²) in [6, 6.07) is 16.0. The van der Waals surface area contributed by atoms with Crippen molar-refractivity contribution in [3.8, 4) is 0 Å². The van der Waals surface area contributed by atoms with Crippen molar-refractivity contribution < 1.29 is 17.9 Å². The molecular formula is C21H26N2O4S. The van der Waals surface area contributed by atoms with E-state index >= 15 is 0 Å². The van der Waals surface area contributed by atoms with E-state index in [9.17, 15) is 13.2 Å². The van der Waals surface area contributed by atoms with Gasteiger partial charge in [0.05, 0.1) is 11.0 Å². The van der Waals surface area contributed by atoms with Crippen LogP contribution in [-0.4, -0.2) is 40.1 Å². The molecule has 1 aliphatic rings. The molecule has 1 amide bonds. The van der Waals surface area contributed by atoms with Crippen LogP contribution in [0.25, 0.3) is 0 Å². The molecule has 2 atom stereocenters. The summed E-state index contributed by atoms with van der Waals surface area (Å²) in [6.07, 6.45) is 1.72. The molecule has 28 heavy (non-hydrogen) atoms. The van der Waals surface area contributed by atoms with Crippen LogP contribution in [0.3, 0.4) is 0 Å². The van der Waals surface area contributed by atoms with E-state index in [1.165, 1.54) is 12.1 Å². The molecule has 0 aromatic heterocycles. The minimum Gasteiger partial charge on any atom is -0.377 e. The van der Waals surface area contributed by atoms with E-state index in [2.05, 4.69) is 10.0 Å². The Morgan fingerprint density at radius 2 is 1.96 bits per heavy atom. The largest absolute Gasteiger partial charge is 0.377 e. The fourth-order valence-electron chi connectivity index (χ4n) is 3.14. The predicted molar refractivity (Wildman–Crippen MR) is 108 cm³/mol. The van der Waals surface area contributed by atoms with Gasteiger partial charge in [-0.3, -0.25) is 4.79 Å². The van der Waals surface area contributed by atoms with Crippen molar-refractivity contribution >= 4 is 15.9 Å². The molecule has 1 saturated heterocycles. The number of sulfonamides is 1. The average molecular weight is 403 g/mol. The van der Waals surface area contributed by atoms with Crippen LogP contribution in [0.1, 0.15) is 41.6 Å². The second kappa shape index (κ2) is 9.32. The van der Waals surface area contributed by atoms with Crippen LogP contribution in [0, 0.1) is 0 Å². The van der Waals surface area contributed by atoms with Crippen LogP contribution in [0.2, 0.25) is 0 Å². The number of hydrogen-bond acceptors (Lipinski definition) is 4. The molecule has 0 saturated carbocycles. The zero-order valence-electron chi connectivity index (χ0n) is 15.9. The van der Waals surface area contributed by atoms with Crippen LogP contribution in [0.15, 0.2) is 59.5 Å². The van der Waals surface area contributed by atoms with Gasteiger partial charge < -0.3 is 10.1 Å². The van der Waals surface area contributed by atoms with Crippen molar-refractivity contribution in [2.75, 3.05) is 19.7 Å². The van der Waals surface area contributed by atoms with Gasteiger partial charge in [0.15, 0.2) is 0 Å². The Morgan fingerprint density at radius 1 is 1.18 bits per heavy atom. The van der Waals surface area contributed by atoms with Crippen molar-refractivity contribution in [3.63, 3.8) is 0 Å². The third-order valence-corrected chi connectivity index (χ3v) is 6.29. The molecule has 0 aliphatic carbocycles. The third kappa shape index (κ3) is 5.41. The highest BCUT2D eigenvalue weighted by Crippen LogP contribution is 2.16. The molecule has 2 N–H and O–H groups in total. The second-order valence-corrected chi connectivity index (χ2v) is 8.80. The molecule has 0 bridgehead atoms. The van der Waals surface area contributed by atoms with Crippen LogP contribution >= 0.6 is 0 Å². The number of ether oxygens (including phenoxy) is 1. The summed E-state index contributed by atoms with van der Waals surface area (Å²) >= 11 is 0. The predicted octanol–water partition coefficient (Wildman–Crippen LogP) is 2.68. The molecule has 7 heteroatoms. The molecule has 2 aromatic rings. The number of carbonyl (C=O) groups excluding carboxylic acids is 1. The van der Waals surface area contributed by atoms with Gasteiger partial charge >= 0.3 is 0 Å². The van der Waals surface area contributed by atoms with Gasteiger partial charge in [0.2, 0.25) is 10.0 Å². The van der Waals surface area contributed by atoms with Crippen LogP contribution in [-0.2, 0) is 14.8 Å². The normalized spacial score (nSPS) is 18.0. The zero-order chi connectivity index (χ0) is 20.0. The molecule has 6 nitrogen and oxygen atoms in total. The summed E-state index contributed by atoms with van der Waals surface area (Å²) in [5, 5.41) is 2.88. The Kier molecular flexibility index (Phi) is 6.83. The van der Waals surface area contributed by atoms with Gasteiger partial charge in [-0.2, -0.15) is 0 Å². The number of amides is 1. The number of rotatable bonds is 8. The first-order valence-electron chi connectivity index (χ1n) is 9.50. The molecule has 0 spiro atoms. The standard InChI is InChI=1S/C21H26N2O4S/c1-16(17-7-3-2-4-8-17)14-22-21(24)18-9-5-11-20(13-18)28(25,26)23-15-19-10-6-12-27-19/h2-5,7-9,11,13,16,19,23H,6,10,12,14-15H2,1H3,(H,22,24). The lowest BCUT2D eigenvalue weighted by Crippen LogP contribution is -2.32. The summed E-state index contributed by atoms with van der Waals surface area (Å²) in [6.45, 7) is 3.42. The first-order valence-corrected chi connectivity index (χ1v) is 11.0. The Hall–Kier alpha value is -2.22. The number of benzene rings is 2.